The van der Waals surface area contributed by atoms with Gasteiger partial charge in [-0.2, -0.15) is 5.10 Å². The van der Waals surface area contributed by atoms with E-state index in [1.165, 1.54) is 11.3 Å². The quantitative estimate of drug-likeness (QED) is 0.157. The first-order valence-electron chi connectivity index (χ1n) is 11.6. The number of aromatic hydroxyl groups is 1. The monoisotopic (exact) mass is 521 g/mol. The highest BCUT2D eigenvalue weighted by Gasteiger charge is 2.16. The van der Waals surface area contributed by atoms with Crippen LogP contribution < -0.4 is 16.7 Å². The molecule has 0 spiro atoms. The Morgan fingerprint density at radius 1 is 0.921 bits per heavy atom. The van der Waals surface area contributed by atoms with E-state index < -0.39 is 17.0 Å². The normalized spacial score (nSPS) is 11.8. The smallest absolute Gasteiger partial charge is 0.379 e. The fourth-order valence-electron chi connectivity index (χ4n) is 4.20. The number of hydrazone groups is 1. The van der Waals surface area contributed by atoms with Crippen LogP contribution in [0.5, 0.6) is 5.75 Å². The van der Waals surface area contributed by atoms with Crippen molar-refractivity contribution in [2.45, 2.75) is 6.92 Å². The van der Waals surface area contributed by atoms with E-state index in [2.05, 4.69) is 15.5 Å². The number of aromatic nitrogens is 1. The molecule has 0 aliphatic carbocycles. The Labute approximate surface area is 219 Å². The number of benzene rings is 3. The fourth-order valence-corrected chi connectivity index (χ4v) is 4.85. The van der Waals surface area contributed by atoms with Gasteiger partial charge in [0.05, 0.1) is 17.0 Å². The third-order valence-electron chi connectivity index (χ3n) is 6.12. The van der Waals surface area contributed by atoms with Crippen LogP contribution >= 0.6 is 11.3 Å². The standard InChI is InChI=1S/C29H19N3O5S/c1-16(17-10-12-18(13-11-17)25-20-7-3-5-9-24(20)37-28(35)26(25)33)31-32-29-30-22(15-38-29)21-14-19-6-2-4-8-23(19)36-27(21)34/h2-15,33H,1H3,(H,30,32). The van der Waals surface area contributed by atoms with E-state index in [0.29, 0.717) is 49.8 Å². The summed E-state index contributed by atoms with van der Waals surface area (Å²) in [4.78, 5) is 29.1. The van der Waals surface area contributed by atoms with Gasteiger partial charge in [-0.1, -0.05) is 60.7 Å². The lowest BCUT2D eigenvalue weighted by atomic mass is 9.99. The molecular formula is C29H19N3O5S. The average Bonchev–Trinajstić information content (AvgIpc) is 3.41. The summed E-state index contributed by atoms with van der Waals surface area (Å²) in [5.74, 6) is -0.427. The number of rotatable bonds is 5. The molecule has 0 bridgehead atoms. The van der Waals surface area contributed by atoms with Gasteiger partial charge in [-0.3, -0.25) is 5.43 Å². The minimum atomic E-state index is -0.783. The summed E-state index contributed by atoms with van der Waals surface area (Å²) in [6.45, 7) is 1.85. The maximum absolute atomic E-state index is 12.4. The minimum absolute atomic E-state index is 0.384. The molecule has 0 fully saturated rings. The van der Waals surface area contributed by atoms with Gasteiger partial charge < -0.3 is 13.9 Å². The number of hydrogen-bond donors (Lipinski definition) is 2. The van der Waals surface area contributed by atoms with E-state index in [1.807, 2.05) is 55.5 Å². The third kappa shape index (κ3) is 4.25. The molecule has 0 aliphatic heterocycles. The van der Waals surface area contributed by atoms with Crippen molar-refractivity contribution in [2.24, 2.45) is 5.10 Å². The van der Waals surface area contributed by atoms with E-state index in [4.69, 9.17) is 8.83 Å². The zero-order chi connectivity index (χ0) is 26.2. The van der Waals surface area contributed by atoms with Gasteiger partial charge in [0.15, 0.2) is 0 Å². The number of anilines is 1. The third-order valence-corrected chi connectivity index (χ3v) is 6.87. The van der Waals surface area contributed by atoms with Crippen molar-refractivity contribution in [2.75, 3.05) is 5.43 Å². The highest BCUT2D eigenvalue weighted by Crippen LogP contribution is 2.34. The van der Waals surface area contributed by atoms with E-state index in [-0.39, 0.29) is 0 Å². The largest absolute Gasteiger partial charge is 0.501 e. The predicted octanol–water partition coefficient (Wildman–Crippen LogP) is 6.23. The Kier molecular flexibility index (Phi) is 5.82. The van der Waals surface area contributed by atoms with E-state index in [1.54, 1.807) is 35.7 Å². The van der Waals surface area contributed by atoms with Gasteiger partial charge in [0.25, 0.3) is 0 Å². The molecule has 3 aromatic carbocycles. The highest BCUT2D eigenvalue weighted by molar-refractivity contribution is 7.14. The molecule has 3 aromatic heterocycles. The number of thiazole rings is 1. The molecule has 6 aromatic rings. The lowest BCUT2D eigenvalue weighted by Gasteiger charge is -2.09. The highest BCUT2D eigenvalue weighted by atomic mass is 32.1. The lowest BCUT2D eigenvalue weighted by molar-refractivity contribution is 0.430. The van der Waals surface area contributed by atoms with Gasteiger partial charge >= 0.3 is 11.3 Å². The molecule has 38 heavy (non-hydrogen) atoms. The summed E-state index contributed by atoms with van der Waals surface area (Å²) in [6, 6.07) is 23.5. The van der Waals surface area contributed by atoms with Crippen molar-refractivity contribution in [3.8, 4) is 28.1 Å². The van der Waals surface area contributed by atoms with Crippen LogP contribution in [0.2, 0.25) is 0 Å². The number of para-hydroxylation sites is 2. The number of nitrogens with one attached hydrogen (secondary N) is 1. The molecule has 8 nitrogen and oxygen atoms in total. The minimum Gasteiger partial charge on any atom is -0.501 e. The summed E-state index contributed by atoms with van der Waals surface area (Å²) >= 11 is 1.32. The van der Waals surface area contributed by atoms with E-state index >= 15 is 0 Å². The van der Waals surface area contributed by atoms with Crippen LogP contribution in [0, 0.1) is 0 Å². The van der Waals surface area contributed by atoms with Crippen molar-refractivity contribution in [1.29, 1.82) is 0 Å². The fraction of sp³-hybridized carbons (Fsp3) is 0.0345. The molecule has 9 heteroatoms. The summed E-state index contributed by atoms with van der Waals surface area (Å²) in [5.41, 5.74) is 6.16. The molecular weight excluding hydrogens is 502 g/mol. The van der Waals surface area contributed by atoms with Crippen molar-refractivity contribution >= 4 is 44.1 Å². The van der Waals surface area contributed by atoms with E-state index in [9.17, 15) is 14.7 Å². The molecule has 0 amide bonds. The molecule has 0 unspecified atom stereocenters. The molecule has 3 heterocycles. The molecule has 0 aliphatic rings. The van der Waals surface area contributed by atoms with Gasteiger partial charge in [-0.05, 0) is 36.2 Å². The predicted molar refractivity (Wildman–Crippen MR) is 149 cm³/mol. The zero-order valence-corrected chi connectivity index (χ0v) is 20.8. The Morgan fingerprint density at radius 3 is 2.45 bits per heavy atom. The molecule has 186 valence electrons. The van der Waals surface area contributed by atoms with Crippen molar-refractivity contribution < 1.29 is 13.9 Å². The van der Waals surface area contributed by atoms with Gasteiger partial charge in [-0.15, -0.1) is 11.3 Å². The molecule has 2 N–H and O–H groups in total. The number of nitrogens with zero attached hydrogens (tertiary/aromatic N) is 2. The van der Waals surface area contributed by atoms with Crippen LogP contribution in [0.3, 0.4) is 0 Å². The Hall–Kier alpha value is -5.02. The van der Waals surface area contributed by atoms with Gasteiger partial charge in [0.1, 0.15) is 11.2 Å². The van der Waals surface area contributed by atoms with Crippen LogP contribution in [0.15, 0.2) is 108 Å². The zero-order valence-electron chi connectivity index (χ0n) is 20.0. The topological polar surface area (TPSA) is 118 Å². The number of fused-ring (bicyclic) bond motifs is 2. The maximum Gasteiger partial charge on any atom is 0.379 e. The van der Waals surface area contributed by atoms with Gasteiger partial charge in [0, 0.05) is 21.7 Å². The summed E-state index contributed by atoms with van der Waals surface area (Å²) in [7, 11) is 0. The van der Waals surface area contributed by atoms with Crippen molar-refractivity contribution in [3.63, 3.8) is 0 Å². The molecule has 6 rings (SSSR count). The second-order valence-corrected chi connectivity index (χ2v) is 9.38. The van der Waals surface area contributed by atoms with Crippen LogP contribution in [0.1, 0.15) is 12.5 Å². The maximum atomic E-state index is 12.4. The van der Waals surface area contributed by atoms with Gasteiger partial charge in [-0.25, -0.2) is 14.6 Å². The van der Waals surface area contributed by atoms with Crippen molar-refractivity contribution in [1.82, 2.24) is 4.98 Å². The Morgan fingerprint density at radius 2 is 1.63 bits per heavy atom. The first-order chi connectivity index (χ1) is 18.5. The second-order valence-electron chi connectivity index (χ2n) is 8.52. The summed E-state index contributed by atoms with van der Waals surface area (Å²) < 4.78 is 10.6. The van der Waals surface area contributed by atoms with Crippen LogP contribution in [-0.4, -0.2) is 15.8 Å². The first-order valence-corrected chi connectivity index (χ1v) is 12.5. The van der Waals surface area contributed by atoms with Crippen LogP contribution in [-0.2, 0) is 0 Å². The average molecular weight is 522 g/mol. The Balaban J connectivity index is 1.24. The second kappa shape index (κ2) is 9.45. The Bertz CT molecular complexity index is 1970. The molecule has 0 radical (unpaired) electrons. The van der Waals surface area contributed by atoms with Crippen molar-refractivity contribution in [3.05, 3.63) is 111 Å². The molecule has 0 saturated carbocycles. The molecule has 0 saturated heterocycles. The number of hydrogen-bond acceptors (Lipinski definition) is 9. The summed E-state index contributed by atoms with van der Waals surface area (Å²) in [5, 5.41) is 18.6. The van der Waals surface area contributed by atoms with Crippen LogP contribution in [0.4, 0.5) is 5.13 Å². The lowest BCUT2D eigenvalue weighted by Crippen LogP contribution is -2.03. The van der Waals surface area contributed by atoms with Gasteiger partial charge in [0.2, 0.25) is 10.9 Å². The molecule has 0 atom stereocenters. The summed E-state index contributed by atoms with van der Waals surface area (Å²) in [6.07, 6.45) is 0. The van der Waals surface area contributed by atoms with E-state index in [0.717, 1.165) is 10.9 Å². The first kappa shape index (κ1) is 23.4. The van der Waals surface area contributed by atoms with Crippen LogP contribution in [0.25, 0.3) is 44.3 Å². The SMILES string of the molecule is CC(=NNc1nc(-c2cc3ccccc3oc2=O)cs1)c1ccc(-c2c(O)c(=O)oc3ccccc23)cc1.